The van der Waals surface area contributed by atoms with E-state index in [2.05, 4.69) is 10.6 Å². The molecule has 0 spiro atoms. The number of Topliss-reactive ketones (excluding diaryl/α,β-unsaturated/α-hetero) is 1. The average molecular weight is 805 g/mol. The van der Waals surface area contributed by atoms with Crippen LogP contribution in [0.2, 0.25) is 0 Å². The summed E-state index contributed by atoms with van der Waals surface area (Å²) in [6.45, 7) is 9.21. The molecule has 4 amide bonds. The van der Waals surface area contributed by atoms with Crippen molar-refractivity contribution >= 4 is 53.1 Å². The Morgan fingerprint density at radius 3 is 1.65 bits per heavy atom. The highest BCUT2D eigenvalue weighted by Crippen LogP contribution is 2.25. The highest BCUT2D eigenvalue weighted by molar-refractivity contribution is 8.00. The minimum atomic E-state index is -0.992. The zero-order valence-electron chi connectivity index (χ0n) is 32.2. The fourth-order valence-electron chi connectivity index (χ4n) is 5.49. The van der Waals surface area contributed by atoms with E-state index in [1.807, 2.05) is 18.7 Å². The van der Waals surface area contributed by atoms with E-state index in [9.17, 15) is 43.8 Å². The van der Waals surface area contributed by atoms with Crippen molar-refractivity contribution < 1.29 is 62.7 Å². The number of hydrogen-bond donors (Lipinski definition) is 4. The quantitative estimate of drug-likeness (QED) is 0.0484. The van der Waals surface area contributed by atoms with Crippen LogP contribution in [-0.4, -0.2) is 214 Å². The fourth-order valence-corrected chi connectivity index (χ4v) is 6.61. The first-order chi connectivity index (χ1) is 26.3. The number of nitrogens with one attached hydrogen (secondary N) is 2. The van der Waals surface area contributed by atoms with Gasteiger partial charge in [0.2, 0.25) is 23.6 Å². The largest absolute Gasteiger partial charge is 0.480 e. The van der Waals surface area contributed by atoms with E-state index in [4.69, 9.17) is 18.9 Å². The summed E-state index contributed by atoms with van der Waals surface area (Å²) < 4.78 is 21.7. The van der Waals surface area contributed by atoms with Crippen molar-refractivity contribution in [3.05, 3.63) is 0 Å². The van der Waals surface area contributed by atoms with Gasteiger partial charge in [-0.1, -0.05) is 13.8 Å². The maximum atomic E-state index is 12.9. The second-order valence-electron chi connectivity index (χ2n) is 13.3. The minimum Gasteiger partial charge on any atom is -0.480 e. The third-order valence-corrected chi connectivity index (χ3v) is 9.82. The summed E-state index contributed by atoms with van der Waals surface area (Å²) in [5, 5.41) is 23.3. The Kier molecular flexibility index (Phi) is 24.6. The predicted molar refractivity (Wildman–Crippen MR) is 201 cm³/mol. The molecule has 0 aromatic heterocycles. The van der Waals surface area contributed by atoms with Crippen LogP contribution in [0.15, 0.2) is 0 Å². The Balaban J connectivity index is 1.52. The van der Waals surface area contributed by atoms with Crippen LogP contribution in [0.4, 0.5) is 0 Å². The number of amides is 4. The third kappa shape index (κ3) is 22.2. The van der Waals surface area contributed by atoms with E-state index < -0.39 is 17.2 Å². The lowest BCUT2D eigenvalue weighted by Gasteiger charge is -2.24. The number of nitrogens with zero attached hydrogens (tertiary/aromatic N) is 4. The molecule has 2 fully saturated rings. The molecule has 1 atom stereocenters. The number of likely N-dealkylation sites (tertiary alicyclic amines) is 1. The Morgan fingerprint density at radius 2 is 1.15 bits per heavy atom. The predicted octanol–water partition coefficient (Wildman–Crippen LogP) is -1.76. The van der Waals surface area contributed by atoms with Gasteiger partial charge in [0.15, 0.2) is 0 Å². The molecule has 0 radical (unpaired) electrons. The number of hydrogen-bond acceptors (Lipinski definition) is 15. The van der Waals surface area contributed by atoms with Crippen LogP contribution >= 0.6 is 11.8 Å². The molecule has 0 bridgehead atoms. The molecule has 2 aliphatic heterocycles. The van der Waals surface area contributed by atoms with Gasteiger partial charge in [-0.3, -0.25) is 53.2 Å². The summed E-state index contributed by atoms with van der Waals surface area (Å²) in [6, 6.07) is 0. The molecule has 0 aliphatic carbocycles. The van der Waals surface area contributed by atoms with Crippen LogP contribution in [0.1, 0.15) is 33.1 Å². The number of carboxylic acids is 2. The van der Waals surface area contributed by atoms with Crippen LogP contribution in [0.25, 0.3) is 0 Å². The Morgan fingerprint density at radius 1 is 0.673 bits per heavy atom. The normalized spacial score (nSPS) is 17.6. The summed E-state index contributed by atoms with van der Waals surface area (Å²) in [6.07, 6.45) is 0.597. The molecule has 0 aromatic carbocycles. The lowest BCUT2D eigenvalue weighted by molar-refractivity contribution is -0.140. The molecule has 2 heterocycles. The highest BCUT2D eigenvalue weighted by atomic mass is 32.2. The molecule has 0 saturated carbocycles. The fraction of sp³-hybridized carbons (Fsp3) is 0.800. The molecule has 2 rings (SSSR count). The smallest absolute Gasteiger partial charge is 0.317 e. The number of carbonyl (C=O) groups excluding carboxylic acids is 5. The lowest BCUT2D eigenvalue weighted by atomic mass is 10.1. The van der Waals surface area contributed by atoms with Crippen LogP contribution in [0, 0.1) is 5.92 Å². The van der Waals surface area contributed by atoms with Crippen molar-refractivity contribution in [3.8, 4) is 0 Å². The van der Waals surface area contributed by atoms with Gasteiger partial charge in [0.05, 0.1) is 77.7 Å². The summed E-state index contributed by atoms with van der Waals surface area (Å²) in [5.41, 5.74) is 0. The SMILES string of the molecule is CC(C)C(=O)CCOCCOCCOCCOCCNC(=O)CCSC1CC(=O)N(CCNC(=O)CN2CCN(CC(=O)O)CCN(CC(=O)O)CC2)C1=O. The van der Waals surface area contributed by atoms with Gasteiger partial charge in [-0.2, -0.15) is 0 Å². The minimum absolute atomic E-state index is 0.0102. The molecular weight excluding hydrogens is 744 g/mol. The first-order valence-corrected chi connectivity index (χ1v) is 19.8. The van der Waals surface area contributed by atoms with Crippen molar-refractivity contribution in [2.45, 2.75) is 38.4 Å². The highest BCUT2D eigenvalue weighted by Gasteiger charge is 2.38. The zero-order valence-corrected chi connectivity index (χ0v) is 33.0. The lowest BCUT2D eigenvalue weighted by Crippen LogP contribution is -2.45. The standard InChI is InChI=1S/C35H60N6O13S/c1-27(2)28(42)3-14-51-16-18-53-20-21-54-19-17-52-15-6-37-30(43)4-22-55-29-23-32(45)41(35(29)50)7-5-36-31(44)24-38-8-10-39(25-33(46)47)12-13-40(11-9-38)26-34(48)49/h27,29H,3-26H2,1-2H3,(H,36,44)(H,37,43)(H,46,47)(H,48,49). The Labute approximate surface area is 327 Å². The first-order valence-electron chi connectivity index (χ1n) is 18.8. The molecule has 4 N–H and O–H groups in total. The molecule has 1 unspecified atom stereocenters. The van der Waals surface area contributed by atoms with Crippen LogP contribution in [-0.2, 0) is 52.5 Å². The second-order valence-corrected chi connectivity index (χ2v) is 14.6. The number of thioether (sulfide) groups is 1. The Hall–Kier alpha value is -3.24. The van der Waals surface area contributed by atoms with E-state index in [-0.39, 0.29) is 80.9 Å². The summed E-state index contributed by atoms with van der Waals surface area (Å²) in [4.78, 5) is 90.8. The molecule has 20 heteroatoms. The van der Waals surface area contributed by atoms with Crippen LogP contribution < -0.4 is 10.6 Å². The summed E-state index contributed by atoms with van der Waals surface area (Å²) in [5.74, 6) is -2.67. The van der Waals surface area contributed by atoms with Crippen molar-refractivity contribution in [1.82, 2.24) is 30.2 Å². The molecule has 314 valence electrons. The first kappa shape index (κ1) is 47.9. The Bertz CT molecular complexity index is 1200. The molecule has 55 heavy (non-hydrogen) atoms. The van der Waals surface area contributed by atoms with Crippen LogP contribution in [0.3, 0.4) is 0 Å². The van der Waals surface area contributed by atoms with E-state index >= 15 is 0 Å². The van der Waals surface area contributed by atoms with E-state index in [0.717, 1.165) is 4.90 Å². The number of imide groups is 1. The number of rotatable bonds is 29. The number of ketones is 1. The van der Waals surface area contributed by atoms with Crippen molar-refractivity contribution in [2.24, 2.45) is 5.92 Å². The summed E-state index contributed by atoms with van der Waals surface area (Å²) in [7, 11) is 0. The van der Waals surface area contributed by atoms with Crippen molar-refractivity contribution in [2.75, 3.05) is 137 Å². The average Bonchev–Trinajstić information content (AvgIpc) is 3.43. The van der Waals surface area contributed by atoms with Crippen molar-refractivity contribution in [3.63, 3.8) is 0 Å². The van der Waals surface area contributed by atoms with Gasteiger partial charge in [-0.25, -0.2) is 0 Å². The number of carbonyl (C=O) groups is 7. The van der Waals surface area contributed by atoms with E-state index in [1.54, 1.807) is 9.80 Å². The van der Waals surface area contributed by atoms with Crippen LogP contribution in [0.5, 0.6) is 0 Å². The van der Waals surface area contributed by atoms with E-state index in [1.165, 1.54) is 11.8 Å². The monoisotopic (exact) mass is 804 g/mol. The number of carboxylic acid groups (broad SMARTS) is 2. The van der Waals surface area contributed by atoms with Crippen molar-refractivity contribution in [1.29, 1.82) is 0 Å². The molecule has 0 aromatic rings. The molecule has 2 saturated heterocycles. The zero-order chi connectivity index (χ0) is 40.4. The van der Waals surface area contributed by atoms with Gasteiger partial charge in [-0.05, 0) is 0 Å². The number of aliphatic carboxylic acids is 2. The topological polar surface area (TPSA) is 234 Å². The van der Waals surface area contributed by atoms with Gasteiger partial charge >= 0.3 is 11.9 Å². The third-order valence-electron chi connectivity index (χ3n) is 8.61. The van der Waals surface area contributed by atoms with Gasteiger partial charge < -0.3 is 39.8 Å². The second kappa shape index (κ2) is 28.2. The van der Waals surface area contributed by atoms with E-state index in [0.29, 0.717) is 111 Å². The number of ether oxygens (including phenoxy) is 4. The molecule has 2 aliphatic rings. The van der Waals surface area contributed by atoms with Gasteiger partial charge in [0, 0.05) is 89.8 Å². The molecular formula is C35H60N6O13S. The van der Waals surface area contributed by atoms with Gasteiger partial charge in [0.1, 0.15) is 5.78 Å². The maximum Gasteiger partial charge on any atom is 0.317 e. The summed E-state index contributed by atoms with van der Waals surface area (Å²) >= 11 is 1.24. The molecule has 19 nitrogen and oxygen atoms in total. The van der Waals surface area contributed by atoms with Gasteiger partial charge in [0.25, 0.3) is 0 Å². The maximum absolute atomic E-state index is 12.9. The van der Waals surface area contributed by atoms with Gasteiger partial charge in [-0.15, -0.1) is 11.8 Å².